The number of thioether (sulfide) groups is 1. The molecule has 32 heavy (non-hydrogen) atoms. The predicted molar refractivity (Wildman–Crippen MR) is 120 cm³/mol. The second kappa shape index (κ2) is 10.6. The second-order valence-corrected chi connectivity index (χ2v) is 8.80. The summed E-state index contributed by atoms with van der Waals surface area (Å²) in [4.78, 5) is 41.1. The lowest BCUT2D eigenvalue weighted by Gasteiger charge is -2.13. The van der Waals surface area contributed by atoms with Crippen molar-refractivity contribution in [2.75, 3.05) is 11.9 Å². The van der Waals surface area contributed by atoms with E-state index in [0.29, 0.717) is 11.3 Å². The number of anilines is 1. The van der Waals surface area contributed by atoms with Crippen molar-refractivity contribution < 1.29 is 33.0 Å². The number of thiazole rings is 1. The number of ether oxygens (including phenoxy) is 1. The Labute approximate surface area is 194 Å². The van der Waals surface area contributed by atoms with Crippen LogP contribution in [0.15, 0.2) is 34.6 Å². The van der Waals surface area contributed by atoms with Crippen molar-refractivity contribution >= 4 is 68.6 Å². The minimum Gasteiger partial charge on any atom is -0.481 e. The van der Waals surface area contributed by atoms with E-state index in [2.05, 4.69) is 15.0 Å². The van der Waals surface area contributed by atoms with Crippen LogP contribution in [0.3, 0.4) is 0 Å². The fourth-order valence-corrected chi connectivity index (χ4v) is 4.66. The van der Waals surface area contributed by atoms with Crippen LogP contribution in [0.4, 0.5) is 13.9 Å². The fraction of sp³-hybridized carbons (Fsp3) is 0.211. The summed E-state index contributed by atoms with van der Waals surface area (Å²) >= 11 is 7.31. The van der Waals surface area contributed by atoms with Gasteiger partial charge in [0.1, 0.15) is 10.1 Å². The first kappa shape index (κ1) is 23.8. The van der Waals surface area contributed by atoms with Gasteiger partial charge in [0, 0.05) is 23.9 Å². The van der Waals surface area contributed by atoms with Crippen LogP contribution in [0, 0.1) is 0 Å². The highest BCUT2D eigenvalue weighted by Gasteiger charge is 2.32. The number of nitrogens with zero attached hydrogens (tertiary/aromatic N) is 2. The van der Waals surface area contributed by atoms with E-state index < -0.39 is 24.4 Å². The summed E-state index contributed by atoms with van der Waals surface area (Å²) in [6, 6.07) is 6.05. The number of benzene rings is 1. The molecule has 0 atom stereocenters. The summed E-state index contributed by atoms with van der Waals surface area (Å²) in [5, 5.41) is 13.1. The minimum absolute atomic E-state index is 0.0103. The van der Waals surface area contributed by atoms with E-state index in [-0.39, 0.29) is 39.5 Å². The van der Waals surface area contributed by atoms with E-state index in [9.17, 15) is 23.2 Å². The molecule has 1 aliphatic rings. The standard InChI is InChI=1S/C19H15F2N3O5S3/c20-17(21)29-12-4-2-1-3-10(12)7-13-16(28)24(19(30)32-13)6-5-14(25)23-18-22-11(9-31-18)8-15(26)27/h1-4,7,9,17H,5-6,8H2,(H,26,27)(H,22,23,25)/b13-7-. The van der Waals surface area contributed by atoms with E-state index in [1.54, 1.807) is 6.07 Å². The zero-order valence-electron chi connectivity index (χ0n) is 16.1. The number of carboxylic acids is 1. The van der Waals surface area contributed by atoms with E-state index >= 15 is 0 Å². The smallest absolute Gasteiger partial charge is 0.387 e. The van der Waals surface area contributed by atoms with Crippen LogP contribution >= 0.6 is 35.3 Å². The highest BCUT2D eigenvalue weighted by atomic mass is 32.2. The molecule has 8 nitrogen and oxygen atoms in total. The molecular formula is C19H15F2N3O5S3. The molecule has 2 N–H and O–H groups in total. The van der Waals surface area contributed by atoms with Crippen LogP contribution in [-0.2, 0) is 20.8 Å². The lowest BCUT2D eigenvalue weighted by Crippen LogP contribution is -2.31. The Morgan fingerprint density at radius 3 is 2.81 bits per heavy atom. The molecule has 168 valence electrons. The van der Waals surface area contributed by atoms with E-state index in [1.165, 1.54) is 34.6 Å². The van der Waals surface area contributed by atoms with Crippen molar-refractivity contribution in [3.05, 3.63) is 45.8 Å². The van der Waals surface area contributed by atoms with Crippen molar-refractivity contribution in [2.45, 2.75) is 19.5 Å². The molecule has 1 saturated heterocycles. The molecule has 3 rings (SSSR count). The molecule has 0 spiro atoms. The largest absolute Gasteiger partial charge is 0.481 e. The zero-order chi connectivity index (χ0) is 23.3. The van der Waals surface area contributed by atoms with Crippen molar-refractivity contribution in [3.63, 3.8) is 0 Å². The summed E-state index contributed by atoms with van der Waals surface area (Å²) in [6.45, 7) is -2.99. The van der Waals surface area contributed by atoms with Gasteiger partial charge in [-0.25, -0.2) is 4.98 Å². The first-order valence-corrected chi connectivity index (χ1v) is 11.1. The zero-order valence-corrected chi connectivity index (χ0v) is 18.6. The molecule has 2 aromatic rings. The SMILES string of the molecule is O=C(O)Cc1csc(NC(=O)CCN2C(=O)/C(=C/c3ccccc3OC(F)F)SC2=S)n1. The van der Waals surface area contributed by atoms with Gasteiger partial charge in [0.2, 0.25) is 5.91 Å². The molecule has 2 heterocycles. The summed E-state index contributed by atoms with van der Waals surface area (Å²) < 4.78 is 29.9. The van der Waals surface area contributed by atoms with Crippen LogP contribution in [0.25, 0.3) is 6.08 Å². The third kappa shape index (κ3) is 6.31. The first-order chi connectivity index (χ1) is 15.2. The van der Waals surface area contributed by atoms with Crippen LogP contribution in [0.2, 0.25) is 0 Å². The van der Waals surface area contributed by atoms with Gasteiger partial charge in [-0.15, -0.1) is 11.3 Å². The van der Waals surface area contributed by atoms with Gasteiger partial charge in [0.25, 0.3) is 5.91 Å². The Morgan fingerprint density at radius 2 is 2.09 bits per heavy atom. The number of carbonyl (C=O) groups is 3. The van der Waals surface area contributed by atoms with Crippen molar-refractivity contribution in [1.29, 1.82) is 0 Å². The molecule has 0 aliphatic carbocycles. The summed E-state index contributed by atoms with van der Waals surface area (Å²) in [5.74, 6) is -1.97. The van der Waals surface area contributed by atoms with Gasteiger partial charge in [-0.1, -0.05) is 42.2 Å². The summed E-state index contributed by atoms with van der Waals surface area (Å²) in [5.41, 5.74) is 0.628. The number of para-hydroxylation sites is 1. The molecule has 1 aliphatic heterocycles. The number of hydrogen-bond acceptors (Lipinski definition) is 8. The predicted octanol–water partition coefficient (Wildman–Crippen LogP) is 3.60. The number of alkyl halides is 2. The molecular weight excluding hydrogens is 484 g/mol. The molecule has 13 heteroatoms. The van der Waals surface area contributed by atoms with Crippen LogP contribution in [-0.4, -0.2) is 50.3 Å². The second-order valence-electron chi connectivity index (χ2n) is 6.26. The number of aliphatic carboxylic acids is 1. The number of rotatable bonds is 9. The summed E-state index contributed by atoms with van der Waals surface area (Å²) in [6.07, 6.45) is 1.09. The van der Waals surface area contributed by atoms with Gasteiger partial charge in [0.05, 0.1) is 17.0 Å². The summed E-state index contributed by atoms with van der Waals surface area (Å²) in [7, 11) is 0. The van der Waals surface area contributed by atoms with Gasteiger partial charge < -0.3 is 15.2 Å². The molecule has 0 bridgehead atoms. The third-order valence-corrected chi connectivity index (χ3v) is 6.17. The van der Waals surface area contributed by atoms with Gasteiger partial charge in [-0.3, -0.25) is 19.3 Å². The van der Waals surface area contributed by atoms with Crippen molar-refractivity contribution in [3.8, 4) is 5.75 Å². The Morgan fingerprint density at radius 1 is 1.34 bits per heavy atom. The Bertz CT molecular complexity index is 1090. The topological polar surface area (TPSA) is 109 Å². The Hall–Kier alpha value is -2.90. The van der Waals surface area contributed by atoms with Crippen molar-refractivity contribution in [1.82, 2.24) is 9.88 Å². The molecule has 1 aromatic carbocycles. The van der Waals surface area contributed by atoms with E-state index in [4.69, 9.17) is 17.3 Å². The first-order valence-electron chi connectivity index (χ1n) is 8.98. The molecule has 0 radical (unpaired) electrons. The fourth-order valence-electron chi connectivity index (χ4n) is 2.63. The Kier molecular flexibility index (Phi) is 7.88. The average molecular weight is 500 g/mol. The van der Waals surface area contributed by atoms with Crippen LogP contribution in [0.5, 0.6) is 5.75 Å². The molecule has 0 saturated carbocycles. The number of hydrogen-bond donors (Lipinski definition) is 2. The number of amides is 2. The Balaban J connectivity index is 1.60. The lowest BCUT2D eigenvalue weighted by molar-refractivity contribution is -0.136. The number of aromatic nitrogens is 1. The van der Waals surface area contributed by atoms with Crippen molar-refractivity contribution in [2.24, 2.45) is 0 Å². The molecule has 2 amide bonds. The molecule has 1 fully saturated rings. The van der Waals surface area contributed by atoms with Gasteiger partial charge in [-0.2, -0.15) is 8.78 Å². The average Bonchev–Trinajstić information content (AvgIpc) is 3.24. The van der Waals surface area contributed by atoms with Crippen LogP contribution in [0.1, 0.15) is 17.7 Å². The third-order valence-electron chi connectivity index (χ3n) is 3.99. The molecule has 1 aromatic heterocycles. The highest BCUT2D eigenvalue weighted by molar-refractivity contribution is 8.26. The molecule has 0 unspecified atom stereocenters. The number of carbonyl (C=O) groups excluding carboxylic acids is 2. The highest BCUT2D eigenvalue weighted by Crippen LogP contribution is 2.34. The van der Waals surface area contributed by atoms with Crippen LogP contribution < -0.4 is 10.1 Å². The van der Waals surface area contributed by atoms with Gasteiger partial charge in [0.15, 0.2) is 5.13 Å². The lowest BCUT2D eigenvalue weighted by atomic mass is 10.2. The van der Waals surface area contributed by atoms with E-state index in [1.807, 2.05) is 0 Å². The van der Waals surface area contributed by atoms with E-state index in [0.717, 1.165) is 23.1 Å². The number of thiocarbonyl (C=S) groups is 1. The number of carboxylic acid groups (broad SMARTS) is 1. The quantitative estimate of drug-likeness (QED) is 0.398. The number of nitrogens with one attached hydrogen (secondary N) is 1. The normalized spacial score (nSPS) is 15.0. The number of halogens is 2. The monoisotopic (exact) mass is 499 g/mol. The minimum atomic E-state index is -3.00. The van der Waals surface area contributed by atoms with Gasteiger partial charge >= 0.3 is 12.6 Å². The maximum absolute atomic E-state index is 12.7. The van der Waals surface area contributed by atoms with Gasteiger partial charge in [-0.05, 0) is 12.1 Å². The maximum Gasteiger partial charge on any atom is 0.387 e. The maximum atomic E-state index is 12.7.